The topological polar surface area (TPSA) is 44.5 Å². The molecule has 0 spiro atoms. The van der Waals surface area contributed by atoms with Crippen LogP contribution < -0.4 is 15.2 Å². The largest absolute Gasteiger partial charge is 0.496 e. The monoisotopic (exact) mass is 237 g/mol. The molecule has 2 N–H and O–H groups in total. The van der Waals surface area contributed by atoms with E-state index in [-0.39, 0.29) is 0 Å². The lowest BCUT2D eigenvalue weighted by Gasteiger charge is -2.17. The summed E-state index contributed by atoms with van der Waals surface area (Å²) >= 11 is 0. The SMILES string of the molecule is COc1cc(C)c(CCCCN)c(OC)c1C. The Hall–Kier alpha value is -1.22. The van der Waals surface area contributed by atoms with E-state index in [1.165, 1.54) is 11.1 Å². The fraction of sp³-hybridized carbons (Fsp3) is 0.571. The Morgan fingerprint density at radius 3 is 2.35 bits per heavy atom. The molecule has 3 nitrogen and oxygen atoms in total. The van der Waals surface area contributed by atoms with Crippen LogP contribution >= 0.6 is 0 Å². The maximum absolute atomic E-state index is 5.53. The van der Waals surface area contributed by atoms with Crippen LogP contribution in [0.4, 0.5) is 0 Å². The first-order valence-corrected chi connectivity index (χ1v) is 6.06. The molecule has 1 aromatic rings. The molecule has 0 unspecified atom stereocenters. The average Bonchev–Trinajstić information content (AvgIpc) is 2.33. The number of unbranched alkanes of at least 4 members (excludes halogenated alkanes) is 1. The van der Waals surface area contributed by atoms with Crippen molar-refractivity contribution in [2.45, 2.75) is 33.1 Å². The van der Waals surface area contributed by atoms with Crippen LogP contribution in [0.15, 0.2) is 6.07 Å². The van der Waals surface area contributed by atoms with Gasteiger partial charge in [-0.15, -0.1) is 0 Å². The molecule has 3 heteroatoms. The van der Waals surface area contributed by atoms with Crippen molar-refractivity contribution in [3.05, 3.63) is 22.8 Å². The fourth-order valence-electron chi connectivity index (χ4n) is 2.15. The molecule has 0 heterocycles. The lowest BCUT2D eigenvalue weighted by molar-refractivity contribution is 0.384. The molecule has 0 aliphatic heterocycles. The summed E-state index contributed by atoms with van der Waals surface area (Å²) in [6.07, 6.45) is 3.16. The Kier molecular flexibility index (Phi) is 5.29. The van der Waals surface area contributed by atoms with Crippen molar-refractivity contribution < 1.29 is 9.47 Å². The third-order valence-electron chi connectivity index (χ3n) is 3.11. The van der Waals surface area contributed by atoms with E-state index in [1.807, 2.05) is 6.92 Å². The van der Waals surface area contributed by atoms with Crippen LogP contribution in [0.2, 0.25) is 0 Å². The summed E-state index contributed by atoms with van der Waals surface area (Å²) in [5.41, 5.74) is 9.10. The molecule has 0 bridgehead atoms. The number of aryl methyl sites for hydroxylation is 1. The molecule has 1 aromatic carbocycles. The van der Waals surface area contributed by atoms with Gasteiger partial charge in [-0.05, 0) is 56.8 Å². The summed E-state index contributed by atoms with van der Waals surface area (Å²) in [5.74, 6) is 1.85. The fourth-order valence-corrected chi connectivity index (χ4v) is 2.15. The number of methoxy groups -OCH3 is 2. The Balaban J connectivity index is 3.06. The highest BCUT2D eigenvalue weighted by molar-refractivity contribution is 5.53. The molecule has 0 aliphatic rings. The van der Waals surface area contributed by atoms with E-state index < -0.39 is 0 Å². The highest BCUT2D eigenvalue weighted by atomic mass is 16.5. The molecule has 0 atom stereocenters. The van der Waals surface area contributed by atoms with E-state index in [2.05, 4.69) is 13.0 Å². The van der Waals surface area contributed by atoms with Gasteiger partial charge in [0, 0.05) is 5.56 Å². The van der Waals surface area contributed by atoms with Gasteiger partial charge in [-0.25, -0.2) is 0 Å². The minimum absolute atomic E-state index is 0.747. The van der Waals surface area contributed by atoms with E-state index in [0.717, 1.165) is 42.9 Å². The predicted molar refractivity (Wildman–Crippen MR) is 71.0 cm³/mol. The van der Waals surface area contributed by atoms with Crippen LogP contribution in [0.3, 0.4) is 0 Å². The summed E-state index contributed by atoms with van der Waals surface area (Å²) in [6, 6.07) is 2.08. The lowest BCUT2D eigenvalue weighted by Crippen LogP contribution is -2.03. The van der Waals surface area contributed by atoms with Gasteiger partial charge in [-0.2, -0.15) is 0 Å². The number of ether oxygens (including phenoxy) is 2. The van der Waals surface area contributed by atoms with E-state index in [0.29, 0.717) is 0 Å². The van der Waals surface area contributed by atoms with Crippen molar-refractivity contribution in [1.82, 2.24) is 0 Å². The van der Waals surface area contributed by atoms with Crippen LogP contribution in [-0.2, 0) is 6.42 Å². The molecule has 0 fully saturated rings. The van der Waals surface area contributed by atoms with E-state index in [1.54, 1.807) is 14.2 Å². The minimum Gasteiger partial charge on any atom is -0.496 e. The van der Waals surface area contributed by atoms with E-state index >= 15 is 0 Å². The Bertz CT molecular complexity index is 375. The minimum atomic E-state index is 0.747. The summed E-state index contributed by atoms with van der Waals surface area (Å²) in [5, 5.41) is 0. The highest BCUT2D eigenvalue weighted by Crippen LogP contribution is 2.34. The molecule has 17 heavy (non-hydrogen) atoms. The molecule has 0 saturated heterocycles. The molecular weight excluding hydrogens is 214 g/mol. The molecule has 96 valence electrons. The van der Waals surface area contributed by atoms with Crippen LogP contribution in [-0.4, -0.2) is 20.8 Å². The Morgan fingerprint density at radius 2 is 1.82 bits per heavy atom. The summed E-state index contributed by atoms with van der Waals surface area (Å²) in [7, 11) is 3.41. The van der Waals surface area contributed by atoms with E-state index in [4.69, 9.17) is 15.2 Å². The molecule has 0 aromatic heterocycles. The van der Waals surface area contributed by atoms with Crippen LogP contribution in [0, 0.1) is 13.8 Å². The first-order valence-electron chi connectivity index (χ1n) is 6.06. The molecule has 1 rings (SSSR count). The standard InChI is InChI=1S/C14H23NO2/c1-10-9-13(16-3)11(2)14(17-4)12(10)7-5-6-8-15/h9H,5-8,15H2,1-4H3. The van der Waals surface area contributed by atoms with Crippen LogP contribution in [0.5, 0.6) is 11.5 Å². The van der Waals surface area contributed by atoms with Crippen molar-refractivity contribution in [2.75, 3.05) is 20.8 Å². The van der Waals surface area contributed by atoms with Gasteiger partial charge < -0.3 is 15.2 Å². The average molecular weight is 237 g/mol. The highest BCUT2D eigenvalue weighted by Gasteiger charge is 2.14. The summed E-state index contributed by atoms with van der Waals surface area (Å²) < 4.78 is 10.9. The van der Waals surface area contributed by atoms with Crippen LogP contribution in [0.25, 0.3) is 0 Å². The predicted octanol–water partition coefficient (Wildman–Crippen LogP) is 2.60. The smallest absolute Gasteiger partial charge is 0.128 e. The zero-order valence-electron chi connectivity index (χ0n) is 11.3. The number of hydrogen-bond donors (Lipinski definition) is 1. The Labute approximate surface area is 104 Å². The molecular formula is C14H23NO2. The molecule has 0 radical (unpaired) electrons. The Morgan fingerprint density at radius 1 is 1.12 bits per heavy atom. The first kappa shape index (κ1) is 13.8. The second-order valence-electron chi connectivity index (χ2n) is 4.28. The second-order valence-corrected chi connectivity index (χ2v) is 4.28. The number of benzene rings is 1. The maximum atomic E-state index is 5.53. The van der Waals surface area contributed by atoms with Gasteiger partial charge in [0.05, 0.1) is 14.2 Å². The van der Waals surface area contributed by atoms with Gasteiger partial charge in [-0.1, -0.05) is 0 Å². The number of rotatable bonds is 6. The van der Waals surface area contributed by atoms with Crippen molar-refractivity contribution >= 4 is 0 Å². The zero-order chi connectivity index (χ0) is 12.8. The maximum Gasteiger partial charge on any atom is 0.128 e. The molecule has 0 aliphatic carbocycles. The van der Waals surface area contributed by atoms with Crippen molar-refractivity contribution in [1.29, 1.82) is 0 Å². The van der Waals surface area contributed by atoms with Crippen molar-refractivity contribution in [3.63, 3.8) is 0 Å². The van der Waals surface area contributed by atoms with Gasteiger partial charge in [0.25, 0.3) is 0 Å². The van der Waals surface area contributed by atoms with Crippen molar-refractivity contribution in [2.24, 2.45) is 5.73 Å². The van der Waals surface area contributed by atoms with Gasteiger partial charge in [0.2, 0.25) is 0 Å². The first-order chi connectivity index (χ1) is 8.15. The third kappa shape index (κ3) is 3.13. The summed E-state index contributed by atoms with van der Waals surface area (Å²) in [4.78, 5) is 0. The quantitative estimate of drug-likeness (QED) is 0.773. The number of nitrogens with two attached hydrogens (primary N) is 1. The van der Waals surface area contributed by atoms with Crippen molar-refractivity contribution in [3.8, 4) is 11.5 Å². The lowest BCUT2D eigenvalue weighted by atomic mass is 9.98. The van der Waals surface area contributed by atoms with Crippen LogP contribution in [0.1, 0.15) is 29.5 Å². The summed E-state index contributed by atoms with van der Waals surface area (Å²) in [6.45, 7) is 4.88. The van der Waals surface area contributed by atoms with E-state index in [9.17, 15) is 0 Å². The number of hydrogen-bond acceptors (Lipinski definition) is 3. The second kappa shape index (κ2) is 6.50. The van der Waals surface area contributed by atoms with Gasteiger partial charge >= 0.3 is 0 Å². The molecule has 0 amide bonds. The van der Waals surface area contributed by atoms with Gasteiger partial charge in [-0.3, -0.25) is 0 Å². The van der Waals surface area contributed by atoms with Gasteiger partial charge in [0.1, 0.15) is 11.5 Å². The van der Waals surface area contributed by atoms with Gasteiger partial charge in [0.15, 0.2) is 0 Å². The third-order valence-corrected chi connectivity index (χ3v) is 3.11. The molecule has 0 saturated carbocycles. The zero-order valence-corrected chi connectivity index (χ0v) is 11.3. The normalized spacial score (nSPS) is 10.4.